The lowest BCUT2D eigenvalue weighted by atomic mass is 10.1. The normalized spacial score (nSPS) is 10.7. The number of aromatic nitrogens is 1. The molecule has 6 heteroatoms. The third-order valence-corrected chi connectivity index (χ3v) is 3.76. The Hall–Kier alpha value is -2.89. The van der Waals surface area contributed by atoms with Gasteiger partial charge in [-0.2, -0.15) is 0 Å². The molecule has 2 aromatic carbocycles. The van der Waals surface area contributed by atoms with Crippen LogP contribution >= 0.6 is 0 Å². The van der Waals surface area contributed by atoms with E-state index in [0.29, 0.717) is 11.4 Å². The van der Waals surface area contributed by atoms with Crippen LogP contribution in [0.25, 0.3) is 0 Å². The molecule has 0 spiro atoms. The van der Waals surface area contributed by atoms with Gasteiger partial charge in [0, 0.05) is 24.2 Å². The van der Waals surface area contributed by atoms with Gasteiger partial charge in [-0.1, -0.05) is 18.2 Å². The van der Waals surface area contributed by atoms with Crippen molar-refractivity contribution in [3.8, 4) is 0 Å². The van der Waals surface area contributed by atoms with Crippen LogP contribution in [0.5, 0.6) is 0 Å². The number of rotatable bonds is 5. The molecule has 1 heterocycles. The summed E-state index contributed by atoms with van der Waals surface area (Å²) in [6, 6.07) is 11.0. The van der Waals surface area contributed by atoms with Crippen molar-refractivity contribution in [2.75, 3.05) is 5.32 Å². The summed E-state index contributed by atoms with van der Waals surface area (Å²) in [5, 5.41) is 2.88. The molecule has 0 saturated heterocycles. The SMILES string of the molecule is Fc1cccc(Cc2ccc(NCc3c(F)cccc3F)cn2)c1F. The first kappa shape index (κ1) is 17.0. The Morgan fingerprint density at radius 3 is 2.16 bits per heavy atom. The minimum absolute atomic E-state index is 0.0297. The molecule has 0 aliphatic carbocycles. The zero-order chi connectivity index (χ0) is 17.8. The summed E-state index contributed by atoms with van der Waals surface area (Å²) in [4.78, 5) is 4.16. The number of pyridine rings is 1. The van der Waals surface area contributed by atoms with E-state index in [9.17, 15) is 17.6 Å². The average molecular weight is 346 g/mol. The van der Waals surface area contributed by atoms with Crippen molar-refractivity contribution in [2.24, 2.45) is 0 Å². The smallest absolute Gasteiger partial charge is 0.162 e. The number of benzene rings is 2. The molecule has 0 fully saturated rings. The van der Waals surface area contributed by atoms with Crippen LogP contribution < -0.4 is 5.32 Å². The lowest BCUT2D eigenvalue weighted by Gasteiger charge is -2.09. The maximum atomic E-state index is 13.7. The van der Waals surface area contributed by atoms with Crippen LogP contribution in [-0.2, 0) is 13.0 Å². The van der Waals surface area contributed by atoms with Crippen LogP contribution in [-0.4, -0.2) is 4.98 Å². The van der Waals surface area contributed by atoms with Crippen LogP contribution in [0.3, 0.4) is 0 Å². The van der Waals surface area contributed by atoms with Crippen LogP contribution in [0.4, 0.5) is 23.2 Å². The fourth-order valence-electron chi connectivity index (χ4n) is 2.41. The second-order valence-electron chi connectivity index (χ2n) is 5.48. The molecular formula is C19H14F4N2. The molecule has 2 nitrogen and oxygen atoms in total. The van der Waals surface area contributed by atoms with E-state index < -0.39 is 23.3 Å². The fourth-order valence-corrected chi connectivity index (χ4v) is 2.41. The van der Waals surface area contributed by atoms with E-state index in [1.807, 2.05) is 0 Å². The van der Waals surface area contributed by atoms with Gasteiger partial charge in [0.15, 0.2) is 11.6 Å². The van der Waals surface area contributed by atoms with E-state index in [1.165, 1.54) is 36.5 Å². The third-order valence-electron chi connectivity index (χ3n) is 3.76. The Morgan fingerprint density at radius 2 is 1.48 bits per heavy atom. The minimum Gasteiger partial charge on any atom is -0.379 e. The van der Waals surface area contributed by atoms with Crippen molar-refractivity contribution in [1.29, 1.82) is 0 Å². The van der Waals surface area contributed by atoms with E-state index in [-0.39, 0.29) is 24.1 Å². The molecule has 0 atom stereocenters. The predicted molar refractivity (Wildman–Crippen MR) is 87.1 cm³/mol. The quantitative estimate of drug-likeness (QED) is 0.669. The highest BCUT2D eigenvalue weighted by Gasteiger charge is 2.10. The molecule has 1 aromatic heterocycles. The van der Waals surface area contributed by atoms with Gasteiger partial charge in [-0.05, 0) is 35.9 Å². The molecule has 0 radical (unpaired) electrons. The summed E-state index contributed by atoms with van der Waals surface area (Å²) in [5.74, 6) is -3.04. The van der Waals surface area contributed by atoms with E-state index in [2.05, 4.69) is 10.3 Å². The van der Waals surface area contributed by atoms with Crippen molar-refractivity contribution < 1.29 is 17.6 Å². The van der Waals surface area contributed by atoms with Gasteiger partial charge in [-0.15, -0.1) is 0 Å². The number of hydrogen-bond acceptors (Lipinski definition) is 2. The van der Waals surface area contributed by atoms with Crippen LogP contribution in [0.2, 0.25) is 0 Å². The van der Waals surface area contributed by atoms with Crippen LogP contribution in [0.15, 0.2) is 54.7 Å². The second-order valence-corrected chi connectivity index (χ2v) is 5.48. The van der Waals surface area contributed by atoms with E-state index >= 15 is 0 Å². The second kappa shape index (κ2) is 7.34. The van der Waals surface area contributed by atoms with Crippen LogP contribution in [0.1, 0.15) is 16.8 Å². The lowest BCUT2D eigenvalue weighted by Crippen LogP contribution is -2.05. The monoisotopic (exact) mass is 346 g/mol. The first-order valence-electron chi connectivity index (χ1n) is 7.59. The standard InChI is InChI=1S/C19H14F4N2/c20-16-4-2-5-17(21)15(16)11-25-14-8-7-13(24-10-14)9-12-3-1-6-18(22)19(12)23/h1-8,10,25H,9,11H2. The molecular weight excluding hydrogens is 332 g/mol. The van der Waals surface area contributed by atoms with Crippen molar-refractivity contribution in [1.82, 2.24) is 4.98 Å². The van der Waals surface area contributed by atoms with Crippen molar-refractivity contribution in [3.05, 3.63) is 94.8 Å². The molecule has 0 bridgehead atoms. The van der Waals surface area contributed by atoms with Gasteiger partial charge >= 0.3 is 0 Å². The number of halogens is 4. The summed E-state index contributed by atoms with van der Waals surface area (Å²) in [6.07, 6.45) is 1.62. The summed E-state index contributed by atoms with van der Waals surface area (Å²) < 4.78 is 54.0. The molecule has 0 aliphatic rings. The van der Waals surface area contributed by atoms with Gasteiger partial charge in [0.25, 0.3) is 0 Å². The van der Waals surface area contributed by atoms with Crippen molar-refractivity contribution >= 4 is 5.69 Å². The highest BCUT2D eigenvalue weighted by molar-refractivity contribution is 5.42. The molecule has 3 aromatic rings. The maximum Gasteiger partial charge on any atom is 0.162 e. The molecule has 0 unspecified atom stereocenters. The fraction of sp³-hybridized carbons (Fsp3) is 0.105. The third kappa shape index (κ3) is 3.96. The lowest BCUT2D eigenvalue weighted by molar-refractivity contribution is 0.500. The van der Waals surface area contributed by atoms with E-state index in [1.54, 1.807) is 12.1 Å². The largest absolute Gasteiger partial charge is 0.379 e. The molecule has 0 aliphatic heterocycles. The topological polar surface area (TPSA) is 24.9 Å². The molecule has 3 rings (SSSR count). The van der Waals surface area contributed by atoms with Crippen molar-refractivity contribution in [2.45, 2.75) is 13.0 Å². The van der Waals surface area contributed by atoms with Crippen LogP contribution in [0, 0.1) is 23.3 Å². The highest BCUT2D eigenvalue weighted by atomic mass is 19.2. The Balaban J connectivity index is 1.67. The maximum absolute atomic E-state index is 13.7. The molecule has 1 N–H and O–H groups in total. The molecule has 0 amide bonds. The Kier molecular flexibility index (Phi) is 4.97. The first-order chi connectivity index (χ1) is 12.0. The summed E-state index contributed by atoms with van der Waals surface area (Å²) in [5.41, 5.74) is 1.26. The summed E-state index contributed by atoms with van der Waals surface area (Å²) >= 11 is 0. The average Bonchev–Trinajstić information content (AvgIpc) is 2.60. The molecule has 128 valence electrons. The zero-order valence-corrected chi connectivity index (χ0v) is 13.1. The van der Waals surface area contributed by atoms with E-state index in [4.69, 9.17) is 0 Å². The minimum atomic E-state index is -0.900. The Labute approximate surface area is 142 Å². The zero-order valence-electron chi connectivity index (χ0n) is 13.1. The van der Waals surface area contributed by atoms with Gasteiger partial charge in [0.05, 0.1) is 11.9 Å². The first-order valence-corrected chi connectivity index (χ1v) is 7.59. The van der Waals surface area contributed by atoms with Gasteiger partial charge < -0.3 is 5.32 Å². The number of nitrogens with one attached hydrogen (secondary N) is 1. The van der Waals surface area contributed by atoms with Gasteiger partial charge in [-0.25, -0.2) is 17.6 Å². The number of nitrogens with zero attached hydrogens (tertiary/aromatic N) is 1. The predicted octanol–water partition coefficient (Wildman–Crippen LogP) is 4.84. The van der Waals surface area contributed by atoms with Crippen molar-refractivity contribution in [3.63, 3.8) is 0 Å². The van der Waals surface area contributed by atoms with Gasteiger partial charge in [0.2, 0.25) is 0 Å². The molecule has 25 heavy (non-hydrogen) atoms. The van der Waals surface area contributed by atoms with Gasteiger partial charge in [-0.3, -0.25) is 4.98 Å². The van der Waals surface area contributed by atoms with E-state index in [0.717, 1.165) is 6.07 Å². The summed E-state index contributed by atoms with van der Waals surface area (Å²) in [6.45, 7) is -0.0297. The Morgan fingerprint density at radius 1 is 0.800 bits per heavy atom. The highest BCUT2D eigenvalue weighted by Crippen LogP contribution is 2.17. The number of hydrogen-bond donors (Lipinski definition) is 1. The molecule has 0 saturated carbocycles. The summed E-state index contributed by atoms with van der Waals surface area (Å²) in [7, 11) is 0. The van der Waals surface area contributed by atoms with Gasteiger partial charge in [0.1, 0.15) is 11.6 Å². The Bertz CT molecular complexity index is 859. The number of anilines is 1.